The van der Waals surface area contributed by atoms with Crippen molar-refractivity contribution in [2.24, 2.45) is 7.05 Å². The Kier molecular flexibility index (Phi) is 3.44. The van der Waals surface area contributed by atoms with Crippen molar-refractivity contribution < 1.29 is 4.79 Å². The number of aromatic nitrogens is 4. The van der Waals surface area contributed by atoms with Gasteiger partial charge in [-0.25, -0.2) is 4.68 Å². The highest BCUT2D eigenvalue weighted by Gasteiger charge is 2.06. The molecule has 0 saturated carbocycles. The highest BCUT2D eigenvalue weighted by Crippen LogP contribution is 1.99. The number of carbonyl (C=O) groups excluding carboxylic acids is 1. The van der Waals surface area contributed by atoms with Crippen molar-refractivity contribution >= 4 is 5.91 Å². The number of hydrogen-bond donors (Lipinski definition) is 1. The van der Waals surface area contributed by atoms with Crippen molar-refractivity contribution in [3.63, 3.8) is 0 Å². The SMILES string of the molecule is Cn1nnnc1CNC(=O)Cc1ccccc1. The largest absolute Gasteiger partial charge is 0.348 e. The number of aryl methyl sites for hydroxylation is 1. The fraction of sp³-hybridized carbons (Fsp3) is 0.273. The summed E-state index contributed by atoms with van der Waals surface area (Å²) in [6, 6.07) is 9.59. The Balaban J connectivity index is 1.84. The van der Waals surface area contributed by atoms with E-state index in [0.717, 1.165) is 5.56 Å². The van der Waals surface area contributed by atoms with E-state index in [0.29, 0.717) is 18.8 Å². The number of hydrogen-bond acceptors (Lipinski definition) is 4. The molecule has 88 valence electrons. The molecule has 2 rings (SSSR count). The van der Waals surface area contributed by atoms with Gasteiger partial charge in [0.25, 0.3) is 0 Å². The Morgan fingerprint density at radius 2 is 2.12 bits per heavy atom. The number of benzene rings is 1. The van der Waals surface area contributed by atoms with E-state index in [1.807, 2.05) is 30.3 Å². The second-order valence-electron chi connectivity index (χ2n) is 3.66. The molecule has 17 heavy (non-hydrogen) atoms. The lowest BCUT2D eigenvalue weighted by molar-refractivity contribution is -0.120. The fourth-order valence-electron chi connectivity index (χ4n) is 1.42. The standard InChI is InChI=1S/C11H13N5O/c1-16-10(13-14-15-16)8-12-11(17)7-9-5-3-2-4-6-9/h2-6H,7-8H2,1H3,(H,12,17). The maximum Gasteiger partial charge on any atom is 0.224 e. The Morgan fingerprint density at radius 3 is 2.76 bits per heavy atom. The first-order chi connectivity index (χ1) is 8.25. The summed E-state index contributed by atoms with van der Waals surface area (Å²) in [4.78, 5) is 11.6. The van der Waals surface area contributed by atoms with Crippen LogP contribution in [0.3, 0.4) is 0 Å². The van der Waals surface area contributed by atoms with Crippen LogP contribution < -0.4 is 5.32 Å². The zero-order valence-electron chi connectivity index (χ0n) is 9.50. The Bertz CT molecular complexity index is 494. The van der Waals surface area contributed by atoms with Gasteiger partial charge in [0.15, 0.2) is 5.82 Å². The van der Waals surface area contributed by atoms with Crippen LogP contribution in [0, 0.1) is 0 Å². The van der Waals surface area contributed by atoms with Crippen molar-refractivity contribution in [3.8, 4) is 0 Å². The van der Waals surface area contributed by atoms with Crippen molar-refractivity contribution in [2.45, 2.75) is 13.0 Å². The van der Waals surface area contributed by atoms with Crippen molar-refractivity contribution in [1.29, 1.82) is 0 Å². The average molecular weight is 231 g/mol. The molecule has 6 heteroatoms. The van der Waals surface area contributed by atoms with Crippen LogP contribution in [-0.2, 0) is 24.8 Å². The van der Waals surface area contributed by atoms with E-state index in [-0.39, 0.29) is 5.91 Å². The Hall–Kier alpha value is -2.24. The molecule has 0 unspecified atom stereocenters. The summed E-state index contributed by atoms with van der Waals surface area (Å²) in [6.07, 6.45) is 0.367. The molecule has 1 heterocycles. The molecular weight excluding hydrogens is 218 g/mol. The summed E-state index contributed by atoms with van der Waals surface area (Å²) in [5, 5.41) is 13.7. The van der Waals surface area contributed by atoms with Crippen LogP contribution in [0.2, 0.25) is 0 Å². The lowest BCUT2D eigenvalue weighted by Gasteiger charge is -2.03. The van der Waals surface area contributed by atoms with Crippen LogP contribution in [0.4, 0.5) is 0 Å². The smallest absolute Gasteiger partial charge is 0.224 e. The monoisotopic (exact) mass is 231 g/mol. The Morgan fingerprint density at radius 1 is 1.35 bits per heavy atom. The highest BCUT2D eigenvalue weighted by atomic mass is 16.1. The molecule has 0 aliphatic carbocycles. The highest BCUT2D eigenvalue weighted by molar-refractivity contribution is 5.78. The molecule has 6 nitrogen and oxygen atoms in total. The molecule has 1 aromatic heterocycles. The van der Waals surface area contributed by atoms with Gasteiger partial charge in [-0.3, -0.25) is 4.79 Å². The van der Waals surface area contributed by atoms with E-state index in [1.165, 1.54) is 4.68 Å². The van der Waals surface area contributed by atoms with Gasteiger partial charge in [-0.05, 0) is 16.0 Å². The van der Waals surface area contributed by atoms with Crippen molar-refractivity contribution in [2.75, 3.05) is 0 Å². The zero-order chi connectivity index (χ0) is 12.1. The van der Waals surface area contributed by atoms with Gasteiger partial charge in [0.2, 0.25) is 5.91 Å². The fourth-order valence-corrected chi connectivity index (χ4v) is 1.42. The maximum absolute atomic E-state index is 11.6. The molecular formula is C11H13N5O. The number of tetrazole rings is 1. The predicted octanol–water partition coefficient (Wildman–Crippen LogP) is 0.0690. The molecule has 0 aliphatic rings. The summed E-state index contributed by atoms with van der Waals surface area (Å²) in [5.41, 5.74) is 0.987. The van der Waals surface area contributed by atoms with Gasteiger partial charge in [-0.1, -0.05) is 30.3 Å². The van der Waals surface area contributed by atoms with Gasteiger partial charge >= 0.3 is 0 Å². The van der Waals surface area contributed by atoms with Crippen LogP contribution in [-0.4, -0.2) is 26.1 Å². The van der Waals surface area contributed by atoms with Gasteiger partial charge in [0.1, 0.15) is 0 Å². The molecule has 1 N–H and O–H groups in total. The first-order valence-electron chi connectivity index (χ1n) is 5.27. The lowest BCUT2D eigenvalue weighted by Crippen LogP contribution is -2.26. The molecule has 0 atom stereocenters. The summed E-state index contributed by atoms with van der Waals surface area (Å²) < 4.78 is 1.53. The number of nitrogens with one attached hydrogen (secondary N) is 1. The van der Waals surface area contributed by atoms with Crippen molar-refractivity contribution in [3.05, 3.63) is 41.7 Å². The van der Waals surface area contributed by atoms with Gasteiger partial charge in [-0.2, -0.15) is 0 Å². The maximum atomic E-state index is 11.6. The van der Waals surface area contributed by atoms with E-state index < -0.39 is 0 Å². The quantitative estimate of drug-likeness (QED) is 0.808. The first kappa shape index (κ1) is 11.3. The molecule has 0 fully saturated rings. The minimum atomic E-state index is -0.0424. The second kappa shape index (κ2) is 5.20. The third-order valence-corrected chi connectivity index (χ3v) is 2.36. The first-order valence-corrected chi connectivity index (χ1v) is 5.27. The molecule has 0 bridgehead atoms. The van der Waals surface area contributed by atoms with Crippen molar-refractivity contribution in [1.82, 2.24) is 25.5 Å². The van der Waals surface area contributed by atoms with Crippen LogP contribution in [0.15, 0.2) is 30.3 Å². The van der Waals surface area contributed by atoms with Gasteiger partial charge in [0.05, 0.1) is 13.0 Å². The van der Waals surface area contributed by atoms with Gasteiger partial charge in [-0.15, -0.1) is 5.10 Å². The average Bonchev–Trinajstić information content (AvgIpc) is 2.74. The van der Waals surface area contributed by atoms with Crippen LogP contribution >= 0.6 is 0 Å². The molecule has 1 aromatic carbocycles. The second-order valence-corrected chi connectivity index (χ2v) is 3.66. The van der Waals surface area contributed by atoms with E-state index >= 15 is 0 Å². The van der Waals surface area contributed by atoms with Gasteiger partial charge < -0.3 is 5.32 Å². The van der Waals surface area contributed by atoms with E-state index in [9.17, 15) is 4.79 Å². The zero-order valence-corrected chi connectivity index (χ0v) is 9.50. The lowest BCUT2D eigenvalue weighted by atomic mass is 10.1. The third-order valence-electron chi connectivity index (χ3n) is 2.36. The van der Waals surface area contributed by atoms with Gasteiger partial charge in [0, 0.05) is 7.05 Å². The minimum Gasteiger partial charge on any atom is -0.348 e. The Labute approximate surface area is 98.6 Å². The molecule has 0 saturated heterocycles. The number of rotatable bonds is 4. The molecule has 1 amide bonds. The summed E-state index contributed by atoms with van der Waals surface area (Å²) in [6.45, 7) is 0.342. The van der Waals surface area contributed by atoms with E-state index in [1.54, 1.807) is 7.05 Å². The van der Waals surface area contributed by atoms with E-state index in [2.05, 4.69) is 20.8 Å². The molecule has 0 aliphatic heterocycles. The number of amides is 1. The molecule has 0 radical (unpaired) electrons. The third kappa shape index (κ3) is 3.10. The van der Waals surface area contributed by atoms with Crippen LogP contribution in [0.25, 0.3) is 0 Å². The predicted molar refractivity (Wildman–Crippen MR) is 60.8 cm³/mol. The minimum absolute atomic E-state index is 0.0424. The summed E-state index contributed by atoms with van der Waals surface area (Å²) in [7, 11) is 1.73. The molecule has 0 spiro atoms. The number of carbonyl (C=O) groups is 1. The number of nitrogens with zero attached hydrogens (tertiary/aromatic N) is 4. The topological polar surface area (TPSA) is 72.7 Å². The molecule has 2 aromatic rings. The van der Waals surface area contributed by atoms with Crippen LogP contribution in [0.5, 0.6) is 0 Å². The van der Waals surface area contributed by atoms with Crippen LogP contribution in [0.1, 0.15) is 11.4 Å². The summed E-state index contributed by atoms with van der Waals surface area (Å²) >= 11 is 0. The normalized spacial score (nSPS) is 10.2. The van der Waals surface area contributed by atoms with E-state index in [4.69, 9.17) is 0 Å². The summed E-state index contributed by atoms with van der Waals surface area (Å²) in [5.74, 6) is 0.589.